The lowest BCUT2D eigenvalue weighted by Gasteiger charge is -2.36. The Morgan fingerprint density at radius 3 is 2.58 bits per heavy atom. The Hall–Kier alpha value is -3.14. The van der Waals surface area contributed by atoms with Crippen LogP contribution in [0.1, 0.15) is 6.42 Å². The normalized spacial score (nSPS) is 16.4. The van der Waals surface area contributed by atoms with Crippen LogP contribution in [0.3, 0.4) is 0 Å². The van der Waals surface area contributed by atoms with Crippen LogP contribution in [0.5, 0.6) is 5.75 Å². The van der Waals surface area contributed by atoms with Gasteiger partial charge in [0.1, 0.15) is 11.6 Å². The second kappa shape index (κ2) is 8.54. The molecule has 31 heavy (non-hydrogen) atoms. The Labute approximate surface area is 179 Å². The van der Waals surface area contributed by atoms with E-state index in [-0.39, 0.29) is 47.1 Å². The van der Waals surface area contributed by atoms with Gasteiger partial charge in [0.15, 0.2) is 16.4 Å². The van der Waals surface area contributed by atoms with Gasteiger partial charge >= 0.3 is 0 Å². The first-order valence-corrected chi connectivity index (χ1v) is 11.6. The Kier molecular flexibility index (Phi) is 5.81. The fraction of sp³-hybridized carbons (Fsp3) is 0.333. The standard InChI is InChI=1S/C21H22FN3O5S/c22-16-3-1-2-4-18(16)24-8-10-25(11-9-24)21(27)7-12-31(28,29)15-5-6-17-19(13-15)30-14-20(26)23-17/h1-6,13H,7-12,14H2,(H,23,26). The lowest BCUT2D eigenvalue weighted by atomic mass is 10.2. The molecule has 164 valence electrons. The molecule has 2 amide bonds. The predicted octanol–water partition coefficient (Wildman–Crippen LogP) is 1.67. The maximum Gasteiger partial charge on any atom is 0.262 e. The molecule has 0 unspecified atom stereocenters. The van der Waals surface area contributed by atoms with Crippen LogP contribution in [0.4, 0.5) is 15.8 Å². The number of ether oxygens (including phenoxy) is 1. The molecule has 2 aliphatic rings. The Bertz CT molecular complexity index is 1110. The first-order chi connectivity index (χ1) is 14.8. The number of piperazine rings is 1. The molecular formula is C21H22FN3O5S. The van der Waals surface area contributed by atoms with Crippen LogP contribution in [0.25, 0.3) is 0 Å². The molecule has 0 atom stereocenters. The van der Waals surface area contributed by atoms with Crippen LogP contribution in [-0.2, 0) is 19.4 Å². The highest BCUT2D eigenvalue weighted by atomic mass is 32.2. The summed E-state index contributed by atoms with van der Waals surface area (Å²) in [6.07, 6.45) is -0.142. The molecule has 4 rings (SSSR count). The number of hydrogen-bond acceptors (Lipinski definition) is 6. The van der Waals surface area contributed by atoms with Crippen molar-refractivity contribution in [2.45, 2.75) is 11.3 Å². The number of carbonyl (C=O) groups is 2. The van der Waals surface area contributed by atoms with Crippen molar-refractivity contribution < 1.29 is 27.1 Å². The number of nitrogens with zero attached hydrogens (tertiary/aromatic N) is 2. The van der Waals surface area contributed by atoms with Crippen molar-refractivity contribution in [3.8, 4) is 5.75 Å². The van der Waals surface area contributed by atoms with E-state index >= 15 is 0 Å². The summed E-state index contributed by atoms with van der Waals surface area (Å²) in [5, 5.41) is 2.60. The molecule has 1 saturated heterocycles. The van der Waals surface area contributed by atoms with Gasteiger partial charge in [0, 0.05) is 38.7 Å². The smallest absolute Gasteiger partial charge is 0.262 e. The van der Waals surface area contributed by atoms with Crippen LogP contribution in [0, 0.1) is 5.82 Å². The fourth-order valence-corrected chi connectivity index (χ4v) is 4.89. The van der Waals surface area contributed by atoms with Gasteiger partial charge in [-0.1, -0.05) is 12.1 Å². The van der Waals surface area contributed by atoms with E-state index in [9.17, 15) is 22.4 Å². The quantitative estimate of drug-likeness (QED) is 0.749. The number of fused-ring (bicyclic) bond motifs is 1. The molecule has 0 aliphatic carbocycles. The van der Waals surface area contributed by atoms with Gasteiger partial charge in [-0.3, -0.25) is 9.59 Å². The van der Waals surface area contributed by atoms with Crippen LogP contribution >= 0.6 is 0 Å². The number of carbonyl (C=O) groups excluding carboxylic acids is 2. The van der Waals surface area contributed by atoms with Gasteiger partial charge in [0.05, 0.1) is 22.0 Å². The second-order valence-electron chi connectivity index (χ2n) is 7.38. The van der Waals surface area contributed by atoms with Gasteiger partial charge in [-0.15, -0.1) is 0 Å². The summed E-state index contributed by atoms with van der Waals surface area (Å²) in [5.74, 6) is -0.898. The lowest BCUT2D eigenvalue weighted by Crippen LogP contribution is -2.49. The summed E-state index contributed by atoms with van der Waals surface area (Å²) in [4.78, 5) is 27.4. The number of nitrogens with one attached hydrogen (secondary N) is 1. The summed E-state index contributed by atoms with van der Waals surface area (Å²) in [5.41, 5.74) is 0.919. The van der Waals surface area contributed by atoms with E-state index < -0.39 is 9.84 Å². The van der Waals surface area contributed by atoms with E-state index in [0.29, 0.717) is 37.6 Å². The molecule has 1 N–H and O–H groups in total. The van der Waals surface area contributed by atoms with Gasteiger partial charge in [-0.25, -0.2) is 12.8 Å². The van der Waals surface area contributed by atoms with Gasteiger partial charge in [-0.2, -0.15) is 0 Å². The summed E-state index contributed by atoms with van der Waals surface area (Å²) in [7, 11) is -3.70. The van der Waals surface area contributed by atoms with Crippen molar-refractivity contribution in [2.24, 2.45) is 0 Å². The minimum atomic E-state index is -3.70. The van der Waals surface area contributed by atoms with Crippen LogP contribution in [-0.4, -0.2) is 63.7 Å². The van der Waals surface area contributed by atoms with Crippen molar-refractivity contribution in [2.75, 3.05) is 48.8 Å². The van der Waals surface area contributed by atoms with Crippen LogP contribution in [0.15, 0.2) is 47.4 Å². The number of hydrogen-bond donors (Lipinski definition) is 1. The van der Waals surface area contributed by atoms with E-state index in [2.05, 4.69) is 5.32 Å². The van der Waals surface area contributed by atoms with Crippen molar-refractivity contribution in [3.05, 3.63) is 48.3 Å². The van der Waals surface area contributed by atoms with E-state index in [1.54, 1.807) is 23.1 Å². The van der Waals surface area contributed by atoms with Crippen LogP contribution in [0.2, 0.25) is 0 Å². The summed E-state index contributed by atoms with van der Waals surface area (Å²) in [6.45, 7) is 1.59. The second-order valence-corrected chi connectivity index (χ2v) is 9.49. The van der Waals surface area contributed by atoms with E-state index in [1.807, 2.05) is 4.90 Å². The zero-order valence-electron chi connectivity index (χ0n) is 16.7. The Morgan fingerprint density at radius 1 is 1.10 bits per heavy atom. The first kappa shape index (κ1) is 21.1. The van der Waals surface area contributed by atoms with E-state index in [1.165, 1.54) is 24.3 Å². The number of benzene rings is 2. The molecule has 0 aromatic heterocycles. The van der Waals surface area contributed by atoms with Gasteiger partial charge in [0.25, 0.3) is 5.91 Å². The summed E-state index contributed by atoms with van der Waals surface area (Å²) < 4.78 is 44.6. The summed E-state index contributed by atoms with van der Waals surface area (Å²) in [6, 6.07) is 10.7. The van der Waals surface area contributed by atoms with Crippen molar-refractivity contribution in [3.63, 3.8) is 0 Å². The minimum Gasteiger partial charge on any atom is -0.482 e. The number of para-hydroxylation sites is 1. The minimum absolute atomic E-state index is 0.0413. The van der Waals surface area contributed by atoms with E-state index in [0.717, 1.165) is 0 Å². The lowest BCUT2D eigenvalue weighted by molar-refractivity contribution is -0.131. The van der Waals surface area contributed by atoms with Crippen molar-refractivity contribution in [1.82, 2.24) is 4.90 Å². The molecule has 2 aromatic carbocycles. The average Bonchev–Trinajstić information content (AvgIpc) is 2.77. The molecule has 0 saturated carbocycles. The molecule has 2 heterocycles. The molecule has 0 bridgehead atoms. The SMILES string of the molecule is O=C1COc2cc(S(=O)(=O)CCC(=O)N3CCN(c4ccccc4F)CC3)ccc2N1. The highest BCUT2D eigenvalue weighted by Gasteiger charge is 2.26. The van der Waals surface area contributed by atoms with Crippen molar-refractivity contribution in [1.29, 1.82) is 0 Å². The van der Waals surface area contributed by atoms with Crippen LogP contribution < -0.4 is 15.0 Å². The first-order valence-electron chi connectivity index (χ1n) is 9.90. The number of sulfone groups is 1. The molecule has 8 nitrogen and oxygen atoms in total. The molecule has 0 spiro atoms. The zero-order chi connectivity index (χ0) is 22.0. The monoisotopic (exact) mass is 447 g/mol. The third kappa shape index (κ3) is 4.63. The number of anilines is 2. The van der Waals surface area contributed by atoms with Gasteiger partial charge in [0.2, 0.25) is 5.91 Å². The fourth-order valence-electron chi connectivity index (χ4n) is 3.65. The maximum atomic E-state index is 13.9. The number of halogens is 1. The molecule has 2 aromatic rings. The number of amides is 2. The predicted molar refractivity (Wildman–Crippen MR) is 112 cm³/mol. The van der Waals surface area contributed by atoms with Gasteiger partial charge in [-0.05, 0) is 24.3 Å². The van der Waals surface area contributed by atoms with Gasteiger partial charge < -0.3 is 19.9 Å². The van der Waals surface area contributed by atoms with Crippen molar-refractivity contribution >= 4 is 33.0 Å². The van der Waals surface area contributed by atoms with E-state index in [4.69, 9.17) is 4.74 Å². The topological polar surface area (TPSA) is 96.0 Å². The highest BCUT2D eigenvalue weighted by molar-refractivity contribution is 7.91. The Balaban J connectivity index is 1.33. The molecule has 2 aliphatic heterocycles. The molecular weight excluding hydrogens is 425 g/mol. The number of rotatable bonds is 5. The largest absolute Gasteiger partial charge is 0.482 e. The highest BCUT2D eigenvalue weighted by Crippen LogP contribution is 2.30. The Morgan fingerprint density at radius 2 is 1.84 bits per heavy atom. The molecule has 1 fully saturated rings. The third-order valence-electron chi connectivity index (χ3n) is 5.36. The zero-order valence-corrected chi connectivity index (χ0v) is 17.5. The third-order valence-corrected chi connectivity index (χ3v) is 7.07. The molecule has 0 radical (unpaired) electrons. The summed E-state index contributed by atoms with van der Waals surface area (Å²) >= 11 is 0. The molecule has 10 heteroatoms. The average molecular weight is 447 g/mol. The maximum absolute atomic E-state index is 13.9.